The molecule has 5 heteroatoms. The number of nitrogens with zero attached hydrogens (tertiary/aromatic N) is 1. The van der Waals surface area contributed by atoms with Crippen LogP contribution in [0.3, 0.4) is 0 Å². The zero-order valence-electron chi connectivity index (χ0n) is 14.6. The van der Waals surface area contributed by atoms with Gasteiger partial charge in [0.05, 0.1) is 13.2 Å². The van der Waals surface area contributed by atoms with Crippen LogP contribution in [0.1, 0.15) is 23.6 Å². The molecule has 23 heavy (non-hydrogen) atoms. The maximum absolute atomic E-state index is 12.2. The number of benzene rings is 1. The molecule has 1 fully saturated rings. The number of hydrogen-bond donors (Lipinski definition) is 1. The average molecular weight is 320 g/mol. The second-order valence-electron chi connectivity index (χ2n) is 6.21. The van der Waals surface area contributed by atoms with Gasteiger partial charge in [0, 0.05) is 26.2 Å². The van der Waals surface area contributed by atoms with Crippen LogP contribution in [0.4, 0.5) is 0 Å². The van der Waals surface area contributed by atoms with E-state index in [1.165, 1.54) is 5.56 Å². The first-order chi connectivity index (χ1) is 11.0. The van der Waals surface area contributed by atoms with Crippen LogP contribution in [0.15, 0.2) is 12.1 Å². The van der Waals surface area contributed by atoms with E-state index in [1.54, 1.807) is 6.92 Å². The third kappa shape index (κ3) is 5.22. The molecule has 128 valence electrons. The molecule has 1 atom stereocenters. The molecule has 0 saturated carbocycles. The molecular formula is C18H28N2O3. The Balaban J connectivity index is 1.80. The van der Waals surface area contributed by atoms with Gasteiger partial charge in [0.1, 0.15) is 5.75 Å². The summed E-state index contributed by atoms with van der Waals surface area (Å²) in [5, 5.41) is 2.95. The number of rotatable bonds is 6. The van der Waals surface area contributed by atoms with Crippen molar-refractivity contribution in [3.63, 3.8) is 0 Å². The lowest BCUT2D eigenvalue weighted by molar-refractivity contribution is -0.127. The number of aryl methyl sites for hydroxylation is 2. The van der Waals surface area contributed by atoms with E-state index in [0.717, 1.165) is 49.7 Å². The molecule has 0 spiro atoms. The van der Waals surface area contributed by atoms with Gasteiger partial charge in [-0.25, -0.2) is 0 Å². The van der Waals surface area contributed by atoms with Crippen molar-refractivity contribution in [2.45, 2.75) is 33.8 Å². The fourth-order valence-corrected chi connectivity index (χ4v) is 2.67. The summed E-state index contributed by atoms with van der Waals surface area (Å²) in [4.78, 5) is 14.5. The van der Waals surface area contributed by atoms with Gasteiger partial charge in [0.2, 0.25) is 0 Å². The van der Waals surface area contributed by atoms with Gasteiger partial charge in [0.15, 0.2) is 6.10 Å². The van der Waals surface area contributed by atoms with Gasteiger partial charge in [-0.15, -0.1) is 0 Å². The van der Waals surface area contributed by atoms with Crippen LogP contribution in [0.2, 0.25) is 0 Å². The second-order valence-corrected chi connectivity index (χ2v) is 6.21. The molecule has 0 aromatic heterocycles. The fourth-order valence-electron chi connectivity index (χ4n) is 2.67. The Kier molecular flexibility index (Phi) is 6.42. The summed E-state index contributed by atoms with van der Waals surface area (Å²) in [6, 6.07) is 4.11. The van der Waals surface area contributed by atoms with Gasteiger partial charge >= 0.3 is 0 Å². The lowest BCUT2D eigenvalue weighted by Gasteiger charge is -2.26. The van der Waals surface area contributed by atoms with Crippen molar-refractivity contribution in [2.24, 2.45) is 0 Å². The normalized spacial score (nSPS) is 16.9. The second kappa shape index (κ2) is 8.31. The first-order valence-corrected chi connectivity index (χ1v) is 8.29. The lowest BCUT2D eigenvalue weighted by Crippen LogP contribution is -2.44. The molecule has 5 nitrogen and oxygen atoms in total. The van der Waals surface area contributed by atoms with Gasteiger partial charge in [-0.1, -0.05) is 6.07 Å². The van der Waals surface area contributed by atoms with Gasteiger partial charge < -0.3 is 14.8 Å². The Morgan fingerprint density at radius 3 is 2.70 bits per heavy atom. The van der Waals surface area contributed by atoms with Crippen molar-refractivity contribution in [2.75, 3.05) is 39.4 Å². The highest BCUT2D eigenvalue weighted by Gasteiger charge is 2.17. The van der Waals surface area contributed by atoms with E-state index in [0.29, 0.717) is 6.54 Å². The van der Waals surface area contributed by atoms with Gasteiger partial charge in [-0.3, -0.25) is 9.69 Å². The molecule has 1 N–H and O–H groups in total. The van der Waals surface area contributed by atoms with E-state index in [2.05, 4.69) is 23.2 Å². The molecule has 1 aliphatic heterocycles. The van der Waals surface area contributed by atoms with Gasteiger partial charge in [0.25, 0.3) is 5.91 Å². The highest BCUT2D eigenvalue weighted by atomic mass is 16.5. The maximum Gasteiger partial charge on any atom is 0.260 e. The largest absolute Gasteiger partial charge is 0.481 e. The van der Waals surface area contributed by atoms with E-state index in [9.17, 15) is 4.79 Å². The third-order valence-corrected chi connectivity index (χ3v) is 4.27. The number of morpholine rings is 1. The van der Waals surface area contributed by atoms with Crippen molar-refractivity contribution in [3.05, 3.63) is 28.8 Å². The van der Waals surface area contributed by atoms with Crippen molar-refractivity contribution < 1.29 is 14.3 Å². The molecule has 1 heterocycles. The standard InChI is InChI=1S/C18H28N2O3/c1-13-11-14(2)15(3)17(12-13)23-16(4)18(21)19-5-6-20-7-9-22-10-8-20/h11-12,16H,5-10H2,1-4H3,(H,19,21)/t16-/m1/s1. The number of amides is 1. The quantitative estimate of drug-likeness (QED) is 0.869. The van der Waals surface area contributed by atoms with Crippen LogP contribution < -0.4 is 10.1 Å². The number of carbonyl (C=O) groups excluding carboxylic acids is 1. The minimum Gasteiger partial charge on any atom is -0.481 e. The van der Waals surface area contributed by atoms with Crippen LogP contribution in [0.25, 0.3) is 0 Å². The molecule has 1 saturated heterocycles. The third-order valence-electron chi connectivity index (χ3n) is 4.27. The number of ether oxygens (including phenoxy) is 2. The van der Waals surface area contributed by atoms with E-state index in [1.807, 2.05) is 19.9 Å². The molecule has 0 aliphatic carbocycles. The fraction of sp³-hybridized carbons (Fsp3) is 0.611. The Morgan fingerprint density at radius 2 is 2.00 bits per heavy atom. The van der Waals surface area contributed by atoms with E-state index in [-0.39, 0.29) is 5.91 Å². The van der Waals surface area contributed by atoms with E-state index >= 15 is 0 Å². The van der Waals surface area contributed by atoms with Gasteiger partial charge in [-0.05, 0) is 50.5 Å². The summed E-state index contributed by atoms with van der Waals surface area (Å²) >= 11 is 0. The minimum atomic E-state index is -0.500. The van der Waals surface area contributed by atoms with E-state index in [4.69, 9.17) is 9.47 Å². The maximum atomic E-state index is 12.2. The van der Waals surface area contributed by atoms with Crippen LogP contribution >= 0.6 is 0 Å². The summed E-state index contributed by atoms with van der Waals surface area (Å²) in [6.45, 7) is 12.8. The summed E-state index contributed by atoms with van der Waals surface area (Å²) in [5.41, 5.74) is 3.41. The predicted molar refractivity (Wildman–Crippen MR) is 91.0 cm³/mol. The first kappa shape index (κ1) is 17.8. The van der Waals surface area contributed by atoms with Crippen molar-refractivity contribution in [3.8, 4) is 5.75 Å². The van der Waals surface area contributed by atoms with Crippen LogP contribution in [-0.2, 0) is 9.53 Å². The highest BCUT2D eigenvalue weighted by Crippen LogP contribution is 2.24. The predicted octanol–water partition coefficient (Wildman–Crippen LogP) is 1.83. The molecule has 1 amide bonds. The summed E-state index contributed by atoms with van der Waals surface area (Å²) in [6.07, 6.45) is -0.500. The first-order valence-electron chi connectivity index (χ1n) is 8.29. The van der Waals surface area contributed by atoms with E-state index < -0.39 is 6.10 Å². The Labute approximate surface area is 139 Å². The summed E-state index contributed by atoms with van der Waals surface area (Å²) in [5.74, 6) is 0.718. The molecule has 1 aromatic rings. The zero-order valence-corrected chi connectivity index (χ0v) is 14.6. The average Bonchev–Trinajstić information content (AvgIpc) is 2.53. The summed E-state index contributed by atoms with van der Waals surface area (Å²) < 4.78 is 11.2. The molecule has 0 bridgehead atoms. The number of hydrogen-bond acceptors (Lipinski definition) is 4. The van der Waals surface area contributed by atoms with Crippen LogP contribution in [-0.4, -0.2) is 56.3 Å². The van der Waals surface area contributed by atoms with Crippen molar-refractivity contribution in [1.82, 2.24) is 10.2 Å². The monoisotopic (exact) mass is 320 g/mol. The number of carbonyl (C=O) groups is 1. The topological polar surface area (TPSA) is 50.8 Å². The van der Waals surface area contributed by atoms with Gasteiger partial charge in [-0.2, -0.15) is 0 Å². The van der Waals surface area contributed by atoms with Crippen molar-refractivity contribution >= 4 is 5.91 Å². The molecule has 0 unspecified atom stereocenters. The Bertz CT molecular complexity index is 539. The SMILES string of the molecule is Cc1cc(C)c(C)c(O[C@H](C)C(=O)NCCN2CCOCC2)c1. The summed E-state index contributed by atoms with van der Waals surface area (Å²) in [7, 11) is 0. The Hall–Kier alpha value is -1.59. The molecular weight excluding hydrogens is 292 g/mol. The molecule has 0 radical (unpaired) electrons. The molecule has 1 aromatic carbocycles. The molecule has 1 aliphatic rings. The van der Waals surface area contributed by atoms with Crippen molar-refractivity contribution in [1.29, 1.82) is 0 Å². The zero-order chi connectivity index (χ0) is 16.8. The highest BCUT2D eigenvalue weighted by molar-refractivity contribution is 5.80. The number of nitrogens with one attached hydrogen (secondary N) is 1. The Morgan fingerprint density at radius 1 is 1.30 bits per heavy atom. The lowest BCUT2D eigenvalue weighted by atomic mass is 10.1. The minimum absolute atomic E-state index is 0.0724. The van der Waals surface area contributed by atoms with Crippen LogP contribution in [0.5, 0.6) is 5.75 Å². The smallest absolute Gasteiger partial charge is 0.260 e. The van der Waals surface area contributed by atoms with Crippen LogP contribution in [0, 0.1) is 20.8 Å². The molecule has 2 rings (SSSR count).